The van der Waals surface area contributed by atoms with Gasteiger partial charge in [0, 0.05) is 5.56 Å². The Labute approximate surface area is 145 Å². The third-order valence-corrected chi connectivity index (χ3v) is 4.70. The monoisotopic (exact) mass is 340 g/mol. The SMILES string of the molecule is CCOc1cccc2sc(NC(C)C(=O)c3ccc(C)cc3)nc12. The molecule has 0 bridgehead atoms. The summed E-state index contributed by atoms with van der Waals surface area (Å²) in [6, 6.07) is 13.2. The summed E-state index contributed by atoms with van der Waals surface area (Å²) in [7, 11) is 0. The highest BCUT2D eigenvalue weighted by atomic mass is 32.1. The summed E-state index contributed by atoms with van der Waals surface area (Å²) in [6.45, 7) is 6.42. The highest BCUT2D eigenvalue weighted by Gasteiger charge is 2.17. The summed E-state index contributed by atoms with van der Waals surface area (Å²) in [5.41, 5.74) is 2.68. The van der Waals surface area contributed by atoms with Crippen molar-refractivity contribution in [3.63, 3.8) is 0 Å². The largest absolute Gasteiger partial charge is 0.492 e. The van der Waals surface area contributed by atoms with E-state index in [1.54, 1.807) is 0 Å². The fourth-order valence-corrected chi connectivity index (χ4v) is 3.45. The van der Waals surface area contributed by atoms with Crippen LogP contribution in [0.1, 0.15) is 29.8 Å². The van der Waals surface area contributed by atoms with Crippen LogP contribution >= 0.6 is 11.3 Å². The zero-order valence-corrected chi connectivity index (χ0v) is 14.8. The Balaban J connectivity index is 1.80. The zero-order chi connectivity index (χ0) is 17.1. The van der Waals surface area contributed by atoms with Crippen molar-refractivity contribution in [1.29, 1.82) is 0 Å². The van der Waals surface area contributed by atoms with E-state index in [9.17, 15) is 4.79 Å². The lowest BCUT2D eigenvalue weighted by Crippen LogP contribution is -2.26. The molecule has 4 nitrogen and oxygen atoms in total. The minimum absolute atomic E-state index is 0.0549. The summed E-state index contributed by atoms with van der Waals surface area (Å²) in [4.78, 5) is 17.1. The van der Waals surface area contributed by atoms with Gasteiger partial charge in [0.05, 0.1) is 17.3 Å². The second-order valence-corrected chi connectivity index (χ2v) is 6.68. The number of aromatic nitrogens is 1. The van der Waals surface area contributed by atoms with Crippen LogP contribution in [-0.2, 0) is 0 Å². The molecule has 1 N–H and O–H groups in total. The predicted octanol–water partition coefficient (Wildman–Crippen LogP) is 4.69. The smallest absolute Gasteiger partial charge is 0.184 e. The molecular formula is C19H20N2O2S. The number of Topliss-reactive ketones (excluding diaryl/α,β-unsaturated/α-hetero) is 1. The van der Waals surface area contributed by atoms with Crippen molar-refractivity contribution in [3.8, 4) is 5.75 Å². The van der Waals surface area contributed by atoms with E-state index in [0.29, 0.717) is 12.2 Å². The summed E-state index contributed by atoms with van der Waals surface area (Å²) in [6.07, 6.45) is 0. The Hall–Kier alpha value is -2.40. The number of nitrogens with zero attached hydrogens (tertiary/aromatic N) is 1. The molecule has 0 spiro atoms. The molecule has 24 heavy (non-hydrogen) atoms. The molecule has 0 radical (unpaired) electrons. The highest BCUT2D eigenvalue weighted by molar-refractivity contribution is 7.22. The number of aryl methyl sites for hydroxylation is 1. The van der Waals surface area contributed by atoms with Gasteiger partial charge < -0.3 is 10.1 Å². The van der Waals surface area contributed by atoms with Gasteiger partial charge in [0.1, 0.15) is 11.3 Å². The topological polar surface area (TPSA) is 51.2 Å². The van der Waals surface area contributed by atoms with Gasteiger partial charge in [0.2, 0.25) is 0 Å². The zero-order valence-electron chi connectivity index (χ0n) is 14.0. The third-order valence-electron chi connectivity index (χ3n) is 3.75. The van der Waals surface area contributed by atoms with E-state index in [2.05, 4.69) is 10.3 Å². The Morgan fingerprint density at radius 3 is 2.71 bits per heavy atom. The first-order valence-electron chi connectivity index (χ1n) is 7.98. The molecule has 5 heteroatoms. The van der Waals surface area contributed by atoms with Crippen LogP contribution in [-0.4, -0.2) is 23.4 Å². The number of thiazole rings is 1. The van der Waals surface area contributed by atoms with Gasteiger partial charge in [-0.15, -0.1) is 0 Å². The van der Waals surface area contributed by atoms with Gasteiger partial charge in [0.15, 0.2) is 10.9 Å². The number of nitrogens with one attached hydrogen (secondary N) is 1. The highest BCUT2D eigenvalue weighted by Crippen LogP contribution is 2.32. The number of hydrogen-bond acceptors (Lipinski definition) is 5. The number of anilines is 1. The van der Waals surface area contributed by atoms with Crippen LogP contribution in [0.2, 0.25) is 0 Å². The van der Waals surface area contributed by atoms with Gasteiger partial charge in [-0.3, -0.25) is 4.79 Å². The fraction of sp³-hybridized carbons (Fsp3) is 0.263. The van der Waals surface area contributed by atoms with Crippen molar-refractivity contribution < 1.29 is 9.53 Å². The van der Waals surface area contributed by atoms with Crippen molar-refractivity contribution in [1.82, 2.24) is 4.98 Å². The summed E-state index contributed by atoms with van der Waals surface area (Å²) in [5.74, 6) is 0.830. The maximum absolute atomic E-state index is 12.5. The third kappa shape index (κ3) is 3.41. The van der Waals surface area contributed by atoms with Crippen LogP contribution in [0, 0.1) is 6.92 Å². The minimum Gasteiger partial charge on any atom is -0.492 e. The second kappa shape index (κ2) is 7.01. The number of carbonyl (C=O) groups excluding carboxylic acids is 1. The maximum Gasteiger partial charge on any atom is 0.184 e. The second-order valence-electron chi connectivity index (χ2n) is 5.65. The number of fused-ring (bicyclic) bond motifs is 1. The van der Waals surface area contributed by atoms with Crippen molar-refractivity contribution in [2.75, 3.05) is 11.9 Å². The molecule has 0 aliphatic rings. The van der Waals surface area contributed by atoms with Gasteiger partial charge in [-0.25, -0.2) is 4.98 Å². The summed E-state index contributed by atoms with van der Waals surface area (Å²) < 4.78 is 6.66. The molecule has 0 aliphatic carbocycles. The van der Waals surface area contributed by atoms with Gasteiger partial charge in [-0.2, -0.15) is 0 Å². The first-order chi connectivity index (χ1) is 11.6. The molecule has 0 saturated carbocycles. The van der Waals surface area contributed by atoms with E-state index in [1.807, 2.05) is 63.2 Å². The van der Waals surface area contributed by atoms with Crippen LogP contribution in [0.5, 0.6) is 5.75 Å². The molecular weight excluding hydrogens is 320 g/mol. The lowest BCUT2D eigenvalue weighted by Gasteiger charge is -2.11. The van der Waals surface area contributed by atoms with Crippen LogP contribution < -0.4 is 10.1 Å². The average molecular weight is 340 g/mol. The van der Waals surface area contributed by atoms with Crippen LogP contribution in [0.25, 0.3) is 10.2 Å². The van der Waals surface area contributed by atoms with E-state index in [1.165, 1.54) is 11.3 Å². The number of rotatable bonds is 6. The fourth-order valence-electron chi connectivity index (χ4n) is 2.48. The number of carbonyl (C=O) groups is 1. The number of hydrogen-bond donors (Lipinski definition) is 1. The van der Waals surface area contributed by atoms with E-state index in [0.717, 1.165) is 26.7 Å². The predicted molar refractivity (Wildman–Crippen MR) is 99.4 cm³/mol. The molecule has 1 atom stereocenters. The first-order valence-corrected chi connectivity index (χ1v) is 8.80. The van der Waals surface area contributed by atoms with Crippen LogP contribution in [0.3, 0.4) is 0 Å². The molecule has 0 aliphatic heterocycles. The van der Waals surface area contributed by atoms with Crippen molar-refractivity contribution in [3.05, 3.63) is 53.6 Å². The van der Waals surface area contributed by atoms with Crippen LogP contribution in [0.4, 0.5) is 5.13 Å². The quantitative estimate of drug-likeness (QED) is 0.662. The Bertz CT molecular complexity index is 855. The summed E-state index contributed by atoms with van der Waals surface area (Å²) >= 11 is 1.53. The van der Waals surface area contributed by atoms with Crippen molar-refractivity contribution in [2.24, 2.45) is 0 Å². The minimum atomic E-state index is -0.344. The molecule has 3 aromatic rings. The molecule has 124 valence electrons. The van der Waals surface area contributed by atoms with Crippen molar-refractivity contribution in [2.45, 2.75) is 26.8 Å². The number of para-hydroxylation sites is 1. The van der Waals surface area contributed by atoms with Crippen molar-refractivity contribution >= 4 is 32.5 Å². The van der Waals surface area contributed by atoms with E-state index in [-0.39, 0.29) is 11.8 Å². The maximum atomic E-state index is 12.5. The van der Waals surface area contributed by atoms with E-state index in [4.69, 9.17) is 4.74 Å². The first kappa shape index (κ1) is 16.5. The Kier molecular flexibility index (Phi) is 4.81. The number of ether oxygens (including phenoxy) is 1. The molecule has 0 saturated heterocycles. The van der Waals surface area contributed by atoms with Crippen LogP contribution in [0.15, 0.2) is 42.5 Å². The van der Waals surface area contributed by atoms with E-state index >= 15 is 0 Å². The molecule has 3 rings (SSSR count). The molecule has 2 aromatic carbocycles. The Morgan fingerprint density at radius 1 is 1.25 bits per heavy atom. The average Bonchev–Trinajstić information content (AvgIpc) is 2.98. The van der Waals surface area contributed by atoms with Gasteiger partial charge in [-0.1, -0.05) is 47.2 Å². The standard InChI is InChI=1S/C19H20N2O2S/c1-4-23-15-6-5-7-16-17(15)21-19(24-16)20-13(3)18(22)14-10-8-12(2)9-11-14/h5-11,13H,4H2,1-3H3,(H,20,21). The molecule has 1 unspecified atom stereocenters. The van der Waals surface area contributed by atoms with Gasteiger partial charge in [0.25, 0.3) is 0 Å². The molecule has 1 heterocycles. The van der Waals surface area contributed by atoms with E-state index < -0.39 is 0 Å². The van der Waals surface area contributed by atoms with Gasteiger partial charge >= 0.3 is 0 Å². The normalized spacial score (nSPS) is 12.1. The molecule has 0 amide bonds. The Morgan fingerprint density at radius 2 is 2.00 bits per heavy atom. The molecule has 1 aromatic heterocycles. The lowest BCUT2D eigenvalue weighted by molar-refractivity contribution is 0.0975. The van der Waals surface area contributed by atoms with Gasteiger partial charge in [-0.05, 0) is 32.9 Å². The number of benzene rings is 2. The lowest BCUT2D eigenvalue weighted by atomic mass is 10.0. The molecule has 0 fully saturated rings. The number of ketones is 1. The summed E-state index contributed by atoms with van der Waals surface area (Å²) in [5, 5.41) is 3.94.